The lowest BCUT2D eigenvalue weighted by Crippen LogP contribution is -2.01. The second kappa shape index (κ2) is 10.4. The van der Waals surface area contributed by atoms with Crippen LogP contribution in [0.15, 0.2) is 146 Å². The third kappa shape index (κ3) is 4.52. The van der Waals surface area contributed by atoms with E-state index in [1.807, 2.05) is 54.6 Å². The van der Waals surface area contributed by atoms with Gasteiger partial charge in [-0.05, 0) is 40.5 Å². The first-order valence-corrected chi connectivity index (χ1v) is 13.2. The van der Waals surface area contributed by atoms with Gasteiger partial charge in [0.25, 0.3) is 0 Å². The van der Waals surface area contributed by atoms with Gasteiger partial charge < -0.3 is 0 Å². The van der Waals surface area contributed by atoms with Gasteiger partial charge in [-0.15, -0.1) is 0 Å². The van der Waals surface area contributed by atoms with Crippen LogP contribution in [0.5, 0.6) is 0 Å². The van der Waals surface area contributed by atoms with Crippen LogP contribution in [0.4, 0.5) is 0 Å². The Morgan fingerprint density at radius 2 is 0.875 bits per heavy atom. The van der Waals surface area contributed by atoms with E-state index in [-0.39, 0.29) is 0 Å². The second-order valence-corrected chi connectivity index (χ2v) is 9.55. The first-order chi connectivity index (χ1) is 19.8. The predicted molar refractivity (Wildman–Crippen MR) is 162 cm³/mol. The maximum atomic E-state index is 5.00. The number of aromatic nitrogens is 4. The Hall–Kier alpha value is -5.48. The van der Waals surface area contributed by atoms with Crippen molar-refractivity contribution in [2.45, 2.75) is 0 Å². The highest BCUT2D eigenvalue weighted by Gasteiger charge is 2.15. The number of hydrogen-bond acceptors (Lipinski definition) is 4. The first-order valence-electron chi connectivity index (χ1n) is 13.2. The van der Waals surface area contributed by atoms with Crippen molar-refractivity contribution in [3.8, 4) is 56.4 Å². The molecule has 0 atom stereocenters. The summed E-state index contributed by atoms with van der Waals surface area (Å²) in [5.41, 5.74) is 8.24. The highest BCUT2D eigenvalue weighted by Crippen LogP contribution is 2.34. The average molecular weight is 513 g/mol. The minimum atomic E-state index is 0.600. The summed E-state index contributed by atoms with van der Waals surface area (Å²) in [4.78, 5) is 19.5. The molecule has 0 aliphatic rings. The fraction of sp³-hybridized carbons (Fsp3) is 0. The molecule has 0 bridgehead atoms. The van der Waals surface area contributed by atoms with Gasteiger partial charge in [-0.1, -0.05) is 121 Å². The van der Waals surface area contributed by atoms with Gasteiger partial charge in [0.05, 0.1) is 5.52 Å². The summed E-state index contributed by atoms with van der Waals surface area (Å²) < 4.78 is 0. The van der Waals surface area contributed by atoms with E-state index in [4.69, 9.17) is 15.0 Å². The van der Waals surface area contributed by atoms with Gasteiger partial charge in [0.2, 0.25) is 0 Å². The van der Waals surface area contributed by atoms with Gasteiger partial charge in [-0.2, -0.15) is 0 Å². The number of nitrogens with zero attached hydrogens (tertiary/aromatic N) is 4. The maximum absolute atomic E-state index is 5.00. The quantitative estimate of drug-likeness (QED) is 0.231. The van der Waals surface area contributed by atoms with E-state index in [1.165, 1.54) is 11.1 Å². The van der Waals surface area contributed by atoms with Gasteiger partial charge in [0, 0.05) is 28.3 Å². The molecular formula is C36H24N4. The summed E-state index contributed by atoms with van der Waals surface area (Å²) in [6.07, 6.45) is 1.81. The standard InChI is InChI=1S/C36H24N4/c1-3-12-25(13-4-1)30-20-7-8-21-31(30)28-17-9-18-29(24-28)35-38-34(27-14-5-2-6-15-27)39-36(40-35)32-22-10-16-26-19-11-23-37-33(26)32/h1-24H. The Morgan fingerprint density at radius 1 is 0.350 bits per heavy atom. The molecular weight excluding hydrogens is 488 g/mol. The molecule has 0 unspecified atom stereocenters. The van der Waals surface area contributed by atoms with Crippen molar-refractivity contribution in [3.05, 3.63) is 146 Å². The van der Waals surface area contributed by atoms with E-state index < -0.39 is 0 Å². The van der Waals surface area contributed by atoms with Crippen LogP contribution in [0.1, 0.15) is 0 Å². The normalized spacial score (nSPS) is 11.0. The lowest BCUT2D eigenvalue weighted by atomic mass is 9.94. The highest BCUT2D eigenvalue weighted by molar-refractivity contribution is 5.92. The Balaban J connectivity index is 1.41. The van der Waals surface area contributed by atoms with Crippen LogP contribution >= 0.6 is 0 Å². The fourth-order valence-corrected chi connectivity index (χ4v) is 5.06. The SMILES string of the molecule is c1ccc(-c2nc(-c3cccc(-c4ccccc4-c4ccccc4)c3)nc(-c3cccc4cccnc34)n2)cc1. The molecule has 4 heteroatoms. The topological polar surface area (TPSA) is 51.6 Å². The molecule has 0 radical (unpaired) electrons. The number of pyridine rings is 1. The van der Waals surface area contributed by atoms with Crippen LogP contribution in [-0.2, 0) is 0 Å². The number of hydrogen-bond donors (Lipinski definition) is 0. The summed E-state index contributed by atoms with van der Waals surface area (Å²) in [5, 5.41) is 1.04. The number of benzene rings is 5. The largest absolute Gasteiger partial charge is 0.255 e. The molecule has 2 aromatic heterocycles. The molecule has 0 aliphatic carbocycles. The summed E-state index contributed by atoms with van der Waals surface area (Å²) >= 11 is 0. The van der Waals surface area contributed by atoms with Gasteiger partial charge in [0.15, 0.2) is 17.5 Å². The van der Waals surface area contributed by atoms with Gasteiger partial charge in [0.1, 0.15) is 0 Å². The number of rotatable bonds is 5. The van der Waals surface area contributed by atoms with E-state index in [2.05, 4.69) is 89.9 Å². The predicted octanol–water partition coefficient (Wildman–Crippen LogP) is 8.75. The van der Waals surface area contributed by atoms with Crippen molar-refractivity contribution in [1.82, 2.24) is 19.9 Å². The molecule has 40 heavy (non-hydrogen) atoms. The van der Waals surface area contributed by atoms with Crippen LogP contribution in [0.2, 0.25) is 0 Å². The van der Waals surface area contributed by atoms with E-state index in [1.54, 1.807) is 6.20 Å². The zero-order valence-electron chi connectivity index (χ0n) is 21.6. The van der Waals surface area contributed by atoms with Crippen LogP contribution in [-0.4, -0.2) is 19.9 Å². The fourth-order valence-electron chi connectivity index (χ4n) is 5.06. The van der Waals surface area contributed by atoms with Crippen molar-refractivity contribution in [3.63, 3.8) is 0 Å². The Morgan fingerprint density at radius 3 is 1.65 bits per heavy atom. The smallest absolute Gasteiger partial charge is 0.166 e. The molecule has 0 fully saturated rings. The monoisotopic (exact) mass is 512 g/mol. The van der Waals surface area contributed by atoms with Crippen molar-refractivity contribution < 1.29 is 0 Å². The van der Waals surface area contributed by atoms with Crippen LogP contribution in [0.3, 0.4) is 0 Å². The Kier molecular flexibility index (Phi) is 6.11. The molecule has 0 saturated heterocycles. The lowest BCUT2D eigenvalue weighted by molar-refractivity contribution is 1.07. The van der Waals surface area contributed by atoms with Crippen molar-refractivity contribution in [2.24, 2.45) is 0 Å². The van der Waals surface area contributed by atoms with Crippen molar-refractivity contribution in [2.75, 3.05) is 0 Å². The molecule has 0 N–H and O–H groups in total. The molecule has 188 valence electrons. The first kappa shape index (κ1) is 23.6. The van der Waals surface area contributed by atoms with E-state index in [0.717, 1.165) is 38.7 Å². The van der Waals surface area contributed by atoms with Crippen LogP contribution in [0, 0.1) is 0 Å². The number of para-hydroxylation sites is 1. The molecule has 0 saturated carbocycles. The maximum Gasteiger partial charge on any atom is 0.166 e. The van der Waals surface area contributed by atoms with E-state index in [9.17, 15) is 0 Å². The third-order valence-corrected chi connectivity index (χ3v) is 6.98. The van der Waals surface area contributed by atoms with Crippen LogP contribution in [0.25, 0.3) is 67.3 Å². The third-order valence-electron chi connectivity index (χ3n) is 6.98. The summed E-state index contributed by atoms with van der Waals surface area (Å²) in [5.74, 6) is 1.85. The van der Waals surface area contributed by atoms with E-state index >= 15 is 0 Å². The van der Waals surface area contributed by atoms with Gasteiger partial charge in [-0.25, -0.2) is 15.0 Å². The number of fused-ring (bicyclic) bond motifs is 1. The van der Waals surface area contributed by atoms with Crippen molar-refractivity contribution in [1.29, 1.82) is 0 Å². The molecule has 5 aromatic carbocycles. The lowest BCUT2D eigenvalue weighted by Gasteiger charge is -2.12. The van der Waals surface area contributed by atoms with Crippen molar-refractivity contribution >= 4 is 10.9 Å². The Labute approximate surface area is 232 Å². The zero-order chi connectivity index (χ0) is 26.7. The molecule has 4 nitrogen and oxygen atoms in total. The highest BCUT2D eigenvalue weighted by atomic mass is 15.0. The molecule has 0 amide bonds. The molecule has 0 spiro atoms. The summed E-state index contributed by atoms with van der Waals surface area (Å²) in [6, 6.07) is 47.5. The average Bonchev–Trinajstić information content (AvgIpc) is 3.05. The minimum Gasteiger partial charge on any atom is -0.255 e. The minimum absolute atomic E-state index is 0.600. The molecule has 0 aliphatic heterocycles. The summed E-state index contributed by atoms with van der Waals surface area (Å²) in [6.45, 7) is 0. The molecule has 7 rings (SSSR count). The second-order valence-electron chi connectivity index (χ2n) is 9.55. The molecule has 7 aromatic rings. The zero-order valence-corrected chi connectivity index (χ0v) is 21.6. The van der Waals surface area contributed by atoms with Crippen LogP contribution < -0.4 is 0 Å². The van der Waals surface area contributed by atoms with Gasteiger partial charge in [-0.3, -0.25) is 4.98 Å². The molecule has 2 heterocycles. The van der Waals surface area contributed by atoms with E-state index in [0.29, 0.717) is 17.5 Å². The Bertz CT molecular complexity index is 1940. The van der Waals surface area contributed by atoms with Gasteiger partial charge >= 0.3 is 0 Å². The summed E-state index contributed by atoms with van der Waals surface area (Å²) in [7, 11) is 0.